The predicted molar refractivity (Wildman–Crippen MR) is 54.0 cm³/mol. The molecule has 0 aliphatic rings. The summed E-state index contributed by atoms with van der Waals surface area (Å²) in [7, 11) is 0. The summed E-state index contributed by atoms with van der Waals surface area (Å²) < 4.78 is 49.8. The van der Waals surface area contributed by atoms with Crippen LogP contribution < -0.4 is 5.32 Å². The SMILES string of the molecule is O=C(CCl)NCc1ccc(C(F)(F)F)c(F)c1. The van der Waals surface area contributed by atoms with Crippen LogP contribution in [0.2, 0.25) is 0 Å². The quantitative estimate of drug-likeness (QED) is 0.663. The van der Waals surface area contributed by atoms with E-state index in [0.29, 0.717) is 6.07 Å². The van der Waals surface area contributed by atoms with E-state index < -0.39 is 23.5 Å². The molecule has 0 radical (unpaired) electrons. The fraction of sp³-hybridized carbons (Fsp3) is 0.300. The molecule has 0 aliphatic heterocycles. The Morgan fingerprint density at radius 1 is 1.35 bits per heavy atom. The van der Waals surface area contributed by atoms with Gasteiger partial charge in [0, 0.05) is 6.54 Å². The number of rotatable bonds is 3. The molecule has 1 aromatic rings. The summed E-state index contributed by atoms with van der Waals surface area (Å²) in [6.45, 7) is -0.0688. The minimum atomic E-state index is -4.72. The van der Waals surface area contributed by atoms with Crippen LogP contribution >= 0.6 is 11.6 Å². The number of benzene rings is 1. The van der Waals surface area contributed by atoms with Gasteiger partial charge < -0.3 is 5.32 Å². The zero-order chi connectivity index (χ0) is 13.1. The van der Waals surface area contributed by atoms with Crippen LogP contribution in [0.4, 0.5) is 17.6 Å². The van der Waals surface area contributed by atoms with Gasteiger partial charge in [-0.3, -0.25) is 4.79 Å². The van der Waals surface area contributed by atoms with Crippen LogP contribution in [-0.2, 0) is 17.5 Å². The van der Waals surface area contributed by atoms with Crippen molar-refractivity contribution in [1.82, 2.24) is 5.32 Å². The van der Waals surface area contributed by atoms with Crippen molar-refractivity contribution in [3.05, 3.63) is 35.1 Å². The van der Waals surface area contributed by atoms with Crippen molar-refractivity contribution in [2.75, 3.05) is 5.88 Å². The zero-order valence-electron chi connectivity index (χ0n) is 8.44. The monoisotopic (exact) mass is 269 g/mol. The summed E-state index contributed by atoms with van der Waals surface area (Å²) >= 11 is 5.20. The van der Waals surface area contributed by atoms with Gasteiger partial charge in [0.1, 0.15) is 11.7 Å². The summed E-state index contributed by atoms with van der Waals surface area (Å²) in [4.78, 5) is 10.8. The summed E-state index contributed by atoms with van der Waals surface area (Å²) in [5.41, 5.74) is -1.10. The fourth-order valence-electron chi connectivity index (χ4n) is 1.15. The number of halogens is 5. The first kappa shape index (κ1) is 13.8. The third-order valence-electron chi connectivity index (χ3n) is 1.95. The van der Waals surface area contributed by atoms with E-state index in [1.807, 2.05) is 0 Å². The minimum absolute atomic E-state index is 0.0688. The molecular weight excluding hydrogens is 262 g/mol. The Labute approximate surface area is 99.6 Å². The summed E-state index contributed by atoms with van der Waals surface area (Å²) in [6.07, 6.45) is -4.72. The molecule has 0 aromatic heterocycles. The van der Waals surface area contributed by atoms with Gasteiger partial charge in [-0.15, -0.1) is 11.6 Å². The molecule has 0 heterocycles. The van der Waals surface area contributed by atoms with Gasteiger partial charge in [-0.2, -0.15) is 13.2 Å². The molecule has 17 heavy (non-hydrogen) atoms. The Morgan fingerprint density at radius 3 is 2.47 bits per heavy atom. The Kier molecular flexibility index (Phi) is 4.34. The molecule has 0 fully saturated rings. The Hall–Kier alpha value is -1.30. The molecule has 0 saturated heterocycles. The van der Waals surface area contributed by atoms with Gasteiger partial charge in [0.05, 0.1) is 5.56 Å². The number of alkyl halides is 4. The molecule has 0 spiro atoms. The van der Waals surface area contributed by atoms with Gasteiger partial charge in [0.2, 0.25) is 5.91 Å². The maximum Gasteiger partial charge on any atom is 0.419 e. The lowest BCUT2D eigenvalue weighted by atomic mass is 10.1. The largest absolute Gasteiger partial charge is 0.419 e. The van der Waals surface area contributed by atoms with Crippen molar-refractivity contribution in [2.45, 2.75) is 12.7 Å². The van der Waals surface area contributed by atoms with Gasteiger partial charge in [0.15, 0.2) is 0 Å². The van der Waals surface area contributed by atoms with Crippen LogP contribution in [0.3, 0.4) is 0 Å². The Balaban J connectivity index is 2.79. The fourth-order valence-corrected chi connectivity index (χ4v) is 1.24. The second-order valence-corrected chi connectivity index (χ2v) is 3.49. The topological polar surface area (TPSA) is 29.1 Å². The summed E-state index contributed by atoms with van der Waals surface area (Å²) in [6, 6.07) is 2.47. The first-order valence-electron chi connectivity index (χ1n) is 4.53. The molecule has 1 rings (SSSR count). The van der Waals surface area contributed by atoms with E-state index in [1.54, 1.807) is 0 Å². The number of amides is 1. The molecule has 94 valence electrons. The highest BCUT2D eigenvalue weighted by Gasteiger charge is 2.33. The van der Waals surface area contributed by atoms with Crippen LogP contribution in [0.25, 0.3) is 0 Å². The highest BCUT2D eigenvalue weighted by molar-refractivity contribution is 6.27. The molecule has 0 bridgehead atoms. The van der Waals surface area contributed by atoms with Gasteiger partial charge >= 0.3 is 6.18 Å². The maximum absolute atomic E-state index is 13.1. The van der Waals surface area contributed by atoms with Gasteiger partial charge in [-0.1, -0.05) is 6.07 Å². The van der Waals surface area contributed by atoms with Crippen molar-refractivity contribution >= 4 is 17.5 Å². The van der Waals surface area contributed by atoms with Crippen molar-refractivity contribution < 1.29 is 22.4 Å². The lowest BCUT2D eigenvalue weighted by Crippen LogP contribution is -2.23. The highest BCUT2D eigenvalue weighted by atomic mass is 35.5. The lowest BCUT2D eigenvalue weighted by Gasteiger charge is -2.09. The Bertz CT molecular complexity index is 419. The zero-order valence-corrected chi connectivity index (χ0v) is 9.20. The number of hydrogen-bond donors (Lipinski definition) is 1. The van der Waals surface area contributed by atoms with Crippen LogP contribution in [0.5, 0.6) is 0 Å². The van der Waals surface area contributed by atoms with Crippen molar-refractivity contribution in [3.8, 4) is 0 Å². The molecule has 1 N–H and O–H groups in total. The van der Waals surface area contributed by atoms with Crippen molar-refractivity contribution in [3.63, 3.8) is 0 Å². The van der Waals surface area contributed by atoms with Gasteiger partial charge in [-0.05, 0) is 17.7 Å². The number of hydrogen-bond acceptors (Lipinski definition) is 1. The third-order valence-corrected chi connectivity index (χ3v) is 2.19. The lowest BCUT2D eigenvalue weighted by molar-refractivity contribution is -0.140. The molecule has 1 amide bonds. The van der Waals surface area contributed by atoms with Crippen LogP contribution in [0.15, 0.2) is 18.2 Å². The van der Waals surface area contributed by atoms with E-state index in [2.05, 4.69) is 5.32 Å². The molecule has 0 atom stereocenters. The van der Waals surface area contributed by atoms with Gasteiger partial charge in [0.25, 0.3) is 0 Å². The smallest absolute Gasteiger partial charge is 0.351 e. The molecule has 7 heteroatoms. The van der Waals surface area contributed by atoms with Crippen molar-refractivity contribution in [2.24, 2.45) is 0 Å². The molecule has 0 unspecified atom stereocenters. The first-order valence-corrected chi connectivity index (χ1v) is 5.06. The maximum atomic E-state index is 13.1. The Morgan fingerprint density at radius 2 is 2.00 bits per heavy atom. The minimum Gasteiger partial charge on any atom is -0.351 e. The van der Waals surface area contributed by atoms with E-state index in [4.69, 9.17) is 11.6 Å². The molecule has 2 nitrogen and oxygen atoms in total. The second kappa shape index (κ2) is 5.35. The van der Waals surface area contributed by atoms with Crippen LogP contribution in [-0.4, -0.2) is 11.8 Å². The number of carbonyl (C=O) groups excluding carboxylic acids is 1. The third kappa shape index (κ3) is 3.89. The van der Waals surface area contributed by atoms with E-state index >= 15 is 0 Å². The standard InChI is InChI=1S/C10H8ClF4NO/c11-4-9(17)16-5-6-1-2-7(8(12)3-6)10(13,14)15/h1-3H,4-5H2,(H,16,17). The van der Waals surface area contributed by atoms with Crippen LogP contribution in [0, 0.1) is 5.82 Å². The average Bonchev–Trinajstić information content (AvgIpc) is 2.24. The molecular formula is C10H8ClF4NO. The molecule has 1 aromatic carbocycles. The summed E-state index contributed by atoms with van der Waals surface area (Å²) in [5, 5.41) is 2.32. The highest BCUT2D eigenvalue weighted by Crippen LogP contribution is 2.31. The normalized spacial score (nSPS) is 11.4. The first-order chi connectivity index (χ1) is 7.84. The van der Waals surface area contributed by atoms with Crippen LogP contribution in [0.1, 0.15) is 11.1 Å². The van der Waals surface area contributed by atoms with E-state index in [1.165, 1.54) is 0 Å². The number of nitrogens with one attached hydrogen (secondary N) is 1. The van der Waals surface area contributed by atoms with E-state index in [9.17, 15) is 22.4 Å². The van der Waals surface area contributed by atoms with E-state index in [0.717, 1.165) is 12.1 Å². The van der Waals surface area contributed by atoms with Gasteiger partial charge in [-0.25, -0.2) is 4.39 Å². The van der Waals surface area contributed by atoms with E-state index in [-0.39, 0.29) is 18.0 Å². The predicted octanol–water partition coefficient (Wildman–Crippen LogP) is 2.70. The van der Waals surface area contributed by atoms with Crippen molar-refractivity contribution in [1.29, 1.82) is 0 Å². The molecule has 0 aliphatic carbocycles. The molecule has 0 saturated carbocycles. The number of carbonyl (C=O) groups is 1. The summed E-state index contributed by atoms with van der Waals surface area (Å²) in [5.74, 6) is -2.11. The second-order valence-electron chi connectivity index (χ2n) is 3.22. The average molecular weight is 270 g/mol.